The predicted molar refractivity (Wildman–Crippen MR) is 87.5 cm³/mol. The number of amides is 1. The van der Waals surface area contributed by atoms with Crippen LogP contribution in [0.1, 0.15) is 29.1 Å². The third-order valence-electron chi connectivity index (χ3n) is 3.29. The number of hydrogen-bond acceptors (Lipinski definition) is 4. The van der Waals surface area contributed by atoms with Crippen molar-refractivity contribution in [1.82, 2.24) is 10.3 Å². The lowest BCUT2D eigenvalue weighted by atomic mass is 10.1. The van der Waals surface area contributed by atoms with Crippen molar-refractivity contribution < 1.29 is 13.9 Å². The van der Waals surface area contributed by atoms with Crippen molar-refractivity contribution in [2.24, 2.45) is 0 Å². The summed E-state index contributed by atoms with van der Waals surface area (Å²) in [6.45, 7) is 3.60. The van der Waals surface area contributed by atoms with Crippen LogP contribution in [0.15, 0.2) is 18.2 Å². The number of rotatable bonds is 5. The molecule has 118 valence electrons. The van der Waals surface area contributed by atoms with Gasteiger partial charge in [0, 0.05) is 10.6 Å². The highest BCUT2D eigenvalue weighted by atomic mass is 32.1. The van der Waals surface area contributed by atoms with Crippen molar-refractivity contribution in [3.63, 3.8) is 0 Å². The van der Waals surface area contributed by atoms with Crippen LogP contribution in [0.2, 0.25) is 0 Å². The summed E-state index contributed by atoms with van der Waals surface area (Å²) in [6.07, 6.45) is 0.213. The van der Waals surface area contributed by atoms with Crippen LogP contribution < -0.4 is 10.1 Å². The van der Waals surface area contributed by atoms with E-state index in [1.165, 1.54) is 24.5 Å². The van der Waals surface area contributed by atoms with E-state index in [0.717, 1.165) is 10.6 Å². The number of benzene rings is 1. The number of thiazole rings is 1. The van der Waals surface area contributed by atoms with E-state index >= 15 is 0 Å². The SMILES string of the molecule is COc1cccc(F)c1[C@@H](C)NC(=O)Cc1sc(=S)[nH]c1C. The van der Waals surface area contributed by atoms with E-state index in [4.69, 9.17) is 17.0 Å². The summed E-state index contributed by atoms with van der Waals surface area (Å²) >= 11 is 6.43. The van der Waals surface area contributed by atoms with Gasteiger partial charge in [-0.05, 0) is 38.2 Å². The zero-order valence-corrected chi connectivity index (χ0v) is 14.2. The van der Waals surface area contributed by atoms with Gasteiger partial charge in [-0.2, -0.15) is 0 Å². The molecule has 1 atom stereocenters. The van der Waals surface area contributed by atoms with Crippen LogP contribution >= 0.6 is 23.6 Å². The number of carbonyl (C=O) groups is 1. The molecule has 0 saturated heterocycles. The number of aromatic nitrogens is 1. The second-order valence-electron chi connectivity index (χ2n) is 4.88. The summed E-state index contributed by atoms with van der Waals surface area (Å²) < 4.78 is 19.8. The molecular formula is C15H17FN2O2S2. The Labute approximate surface area is 137 Å². The normalized spacial score (nSPS) is 12.0. The highest BCUT2D eigenvalue weighted by Crippen LogP contribution is 2.27. The maximum Gasteiger partial charge on any atom is 0.225 e. The number of hydrogen-bond donors (Lipinski definition) is 2. The monoisotopic (exact) mass is 340 g/mol. The molecule has 0 bridgehead atoms. The fourth-order valence-corrected chi connectivity index (χ4v) is 3.52. The molecule has 0 aliphatic carbocycles. The third kappa shape index (κ3) is 3.72. The number of carbonyl (C=O) groups excluding carboxylic acids is 1. The first kappa shape index (κ1) is 16.6. The first-order valence-electron chi connectivity index (χ1n) is 6.72. The summed E-state index contributed by atoms with van der Waals surface area (Å²) in [6, 6.07) is 4.10. The summed E-state index contributed by atoms with van der Waals surface area (Å²) in [5.74, 6) is -0.173. The Kier molecular flexibility index (Phi) is 5.31. The molecule has 0 unspecified atom stereocenters. The van der Waals surface area contributed by atoms with Gasteiger partial charge in [0.15, 0.2) is 3.95 Å². The Bertz CT molecular complexity index is 739. The molecule has 0 spiro atoms. The van der Waals surface area contributed by atoms with Crippen LogP contribution in [0.5, 0.6) is 5.75 Å². The zero-order valence-electron chi connectivity index (χ0n) is 12.5. The van der Waals surface area contributed by atoms with E-state index in [0.29, 0.717) is 15.3 Å². The largest absolute Gasteiger partial charge is 0.496 e. The lowest BCUT2D eigenvalue weighted by Crippen LogP contribution is -2.28. The summed E-state index contributed by atoms with van der Waals surface area (Å²) in [7, 11) is 1.47. The van der Waals surface area contributed by atoms with Crippen molar-refractivity contribution in [3.8, 4) is 5.75 Å². The number of aryl methyl sites for hydroxylation is 1. The Balaban J connectivity index is 2.12. The molecule has 0 radical (unpaired) electrons. The molecule has 1 heterocycles. The standard InChI is InChI=1S/C15H17FN2O2S2/c1-8-12(22-15(21)18-8)7-13(19)17-9(2)14-10(16)5-4-6-11(14)20-3/h4-6,9H,7H2,1-3H3,(H,17,19)(H,18,21)/t9-/m1/s1. The number of aromatic amines is 1. The van der Waals surface area contributed by atoms with Crippen molar-refractivity contribution in [1.29, 1.82) is 0 Å². The topological polar surface area (TPSA) is 54.1 Å². The van der Waals surface area contributed by atoms with Crippen LogP contribution in [0.25, 0.3) is 0 Å². The molecule has 22 heavy (non-hydrogen) atoms. The van der Waals surface area contributed by atoms with Gasteiger partial charge in [-0.3, -0.25) is 4.79 Å². The van der Waals surface area contributed by atoms with Crippen LogP contribution in [-0.4, -0.2) is 18.0 Å². The molecule has 2 rings (SSSR count). The van der Waals surface area contributed by atoms with Gasteiger partial charge in [0.2, 0.25) is 5.91 Å². The molecular weight excluding hydrogens is 323 g/mol. The van der Waals surface area contributed by atoms with Crippen LogP contribution in [-0.2, 0) is 11.2 Å². The Morgan fingerprint density at radius 3 is 2.86 bits per heavy atom. The molecule has 2 aromatic rings. The van der Waals surface area contributed by atoms with Gasteiger partial charge in [-0.1, -0.05) is 6.07 Å². The van der Waals surface area contributed by atoms with Gasteiger partial charge in [0.25, 0.3) is 0 Å². The summed E-state index contributed by atoms with van der Waals surface area (Å²) in [5.41, 5.74) is 1.23. The van der Waals surface area contributed by atoms with Crippen molar-refractivity contribution in [3.05, 3.63) is 44.1 Å². The number of H-pyrrole nitrogens is 1. The Morgan fingerprint density at radius 2 is 2.27 bits per heavy atom. The lowest BCUT2D eigenvalue weighted by molar-refractivity contribution is -0.121. The van der Waals surface area contributed by atoms with E-state index in [1.54, 1.807) is 19.1 Å². The van der Waals surface area contributed by atoms with Gasteiger partial charge in [0.05, 0.1) is 25.1 Å². The van der Waals surface area contributed by atoms with Gasteiger partial charge >= 0.3 is 0 Å². The molecule has 0 aliphatic heterocycles. The number of ether oxygens (including phenoxy) is 1. The van der Waals surface area contributed by atoms with E-state index in [1.807, 2.05) is 6.92 Å². The molecule has 1 aromatic heterocycles. The van der Waals surface area contributed by atoms with E-state index in [2.05, 4.69) is 10.3 Å². The zero-order chi connectivity index (χ0) is 16.3. The average molecular weight is 340 g/mol. The minimum atomic E-state index is -0.490. The Hall–Kier alpha value is -1.73. The Morgan fingerprint density at radius 1 is 1.55 bits per heavy atom. The van der Waals surface area contributed by atoms with Gasteiger partial charge in [-0.25, -0.2) is 4.39 Å². The highest BCUT2D eigenvalue weighted by molar-refractivity contribution is 7.73. The predicted octanol–water partition coefficient (Wildman–Crippen LogP) is 3.68. The number of halogens is 1. The molecule has 4 nitrogen and oxygen atoms in total. The second kappa shape index (κ2) is 7.02. The quantitative estimate of drug-likeness (QED) is 0.817. The van der Waals surface area contributed by atoms with Crippen LogP contribution in [0.4, 0.5) is 4.39 Å². The van der Waals surface area contributed by atoms with E-state index in [9.17, 15) is 9.18 Å². The summed E-state index contributed by atoms with van der Waals surface area (Å²) in [4.78, 5) is 16.0. The molecule has 7 heteroatoms. The smallest absolute Gasteiger partial charge is 0.225 e. The molecule has 2 N–H and O–H groups in total. The minimum Gasteiger partial charge on any atom is -0.496 e. The van der Waals surface area contributed by atoms with Crippen molar-refractivity contribution in [2.75, 3.05) is 7.11 Å². The maximum atomic E-state index is 14.0. The summed E-state index contributed by atoms with van der Waals surface area (Å²) in [5, 5.41) is 2.80. The van der Waals surface area contributed by atoms with Crippen LogP contribution in [0.3, 0.4) is 0 Å². The van der Waals surface area contributed by atoms with E-state index < -0.39 is 11.9 Å². The molecule has 1 aromatic carbocycles. The fourth-order valence-electron chi connectivity index (χ4n) is 2.23. The maximum absolute atomic E-state index is 14.0. The minimum absolute atomic E-state index is 0.189. The van der Waals surface area contributed by atoms with Gasteiger partial charge in [0.1, 0.15) is 11.6 Å². The van der Waals surface area contributed by atoms with E-state index in [-0.39, 0.29) is 12.3 Å². The molecule has 0 fully saturated rings. The van der Waals surface area contributed by atoms with Gasteiger partial charge in [-0.15, -0.1) is 11.3 Å². The fraction of sp³-hybridized carbons (Fsp3) is 0.333. The average Bonchev–Trinajstić information content (AvgIpc) is 2.75. The van der Waals surface area contributed by atoms with Crippen molar-refractivity contribution in [2.45, 2.75) is 26.3 Å². The second-order valence-corrected chi connectivity index (χ2v) is 6.66. The first-order chi connectivity index (χ1) is 10.4. The van der Waals surface area contributed by atoms with Crippen LogP contribution in [0, 0.1) is 16.7 Å². The van der Waals surface area contributed by atoms with Gasteiger partial charge < -0.3 is 15.0 Å². The number of nitrogens with one attached hydrogen (secondary N) is 2. The number of methoxy groups -OCH3 is 1. The molecule has 0 saturated carbocycles. The third-order valence-corrected chi connectivity index (χ3v) is 4.62. The first-order valence-corrected chi connectivity index (χ1v) is 7.95. The molecule has 1 amide bonds. The van der Waals surface area contributed by atoms with Crippen molar-refractivity contribution >= 4 is 29.5 Å². The lowest BCUT2D eigenvalue weighted by Gasteiger charge is -2.18. The highest BCUT2D eigenvalue weighted by Gasteiger charge is 2.19. The molecule has 0 aliphatic rings.